The van der Waals surface area contributed by atoms with Gasteiger partial charge in [-0.1, -0.05) is 42.5 Å². The maximum absolute atomic E-state index is 9.82. The third-order valence-electron chi connectivity index (χ3n) is 2.85. The second kappa shape index (κ2) is 6.92. The maximum Gasteiger partial charge on any atom is 0.159 e. The molecule has 2 aromatic carbocycles. The fourth-order valence-electron chi connectivity index (χ4n) is 1.79. The van der Waals surface area contributed by atoms with Gasteiger partial charge in [-0.2, -0.15) is 0 Å². The highest BCUT2D eigenvalue weighted by Gasteiger charge is 2.05. The Morgan fingerprint density at radius 2 is 1.63 bits per heavy atom. The van der Waals surface area contributed by atoms with Crippen molar-refractivity contribution < 1.29 is 14.6 Å². The van der Waals surface area contributed by atoms with Gasteiger partial charge in [0, 0.05) is 6.42 Å². The molecule has 0 fully saturated rings. The van der Waals surface area contributed by atoms with Gasteiger partial charge < -0.3 is 14.6 Å². The van der Waals surface area contributed by atoms with Crippen LogP contribution in [0.3, 0.4) is 0 Å². The van der Waals surface area contributed by atoms with E-state index in [1.54, 1.807) is 7.11 Å². The van der Waals surface area contributed by atoms with Gasteiger partial charge in [-0.05, 0) is 23.3 Å². The Labute approximate surface area is 113 Å². The van der Waals surface area contributed by atoms with Crippen LogP contribution in [0.1, 0.15) is 11.1 Å². The molecule has 1 N–H and O–H groups in total. The van der Waals surface area contributed by atoms with Crippen molar-refractivity contribution >= 4 is 0 Å². The lowest BCUT2D eigenvalue weighted by Gasteiger charge is -2.12. The lowest BCUT2D eigenvalue weighted by Crippen LogP contribution is -2.14. The van der Waals surface area contributed by atoms with Crippen LogP contribution < -0.4 is 4.74 Å². The first-order valence-electron chi connectivity index (χ1n) is 6.24. The van der Waals surface area contributed by atoms with Gasteiger partial charge in [0.05, 0.1) is 13.7 Å². The second-order valence-electron chi connectivity index (χ2n) is 4.30. The van der Waals surface area contributed by atoms with Crippen molar-refractivity contribution in [3.63, 3.8) is 0 Å². The Hall–Kier alpha value is -1.84. The number of aliphatic hydroxyl groups excluding tert-OH is 1. The molecule has 0 radical (unpaired) electrons. The average molecular weight is 258 g/mol. The van der Waals surface area contributed by atoms with Crippen LogP contribution in [0.4, 0.5) is 0 Å². The molecular formula is C16H18O3. The Morgan fingerprint density at radius 3 is 2.26 bits per heavy atom. The van der Waals surface area contributed by atoms with Crippen LogP contribution in [-0.2, 0) is 17.8 Å². The molecular weight excluding hydrogens is 240 g/mol. The van der Waals surface area contributed by atoms with E-state index in [4.69, 9.17) is 9.47 Å². The molecule has 0 saturated carbocycles. The number of hydrogen-bond acceptors (Lipinski definition) is 3. The zero-order chi connectivity index (χ0) is 13.5. The summed E-state index contributed by atoms with van der Waals surface area (Å²) in [6.07, 6.45) is -0.290. The zero-order valence-electron chi connectivity index (χ0n) is 11.0. The summed E-state index contributed by atoms with van der Waals surface area (Å²) < 4.78 is 10.5. The molecule has 3 nitrogen and oxygen atoms in total. The first-order valence-corrected chi connectivity index (χ1v) is 6.24. The summed E-state index contributed by atoms with van der Waals surface area (Å²) in [5, 5.41) is 9.82. The van der Waals surface area contributed by atoms with Gasteiger partial charge in [-0.15, -0.1) is 0 Å². The molecule has 0 aliphatic carbocycles. The molecule has 0 heterocycles. The highest BCUT2D eigenvalue weighted by atomic mass is 16.6. The standard InChI is InChI=1S/C16H18O3/c1-18-15-9-7-14(8-10-15)12-19-16(17)11-13-5-3-2-4-6-13/h2-10,16-17H,11-12H2,1H3. The Balaban J connectivity index is 1.81. The summed E-state index contributed by atoms with van der Waals surface area (Å²) in [7, 11) is 1.63. The van der Waals surface area contributed by atoms with E-state index in [9.17, 15) is 5.11 Å². The van der Waals surface area contributed by atoms with Crippen molar-refractivity contribution in [3.8, 4) is 5.75 Å². The largest absolute Gasteiger partial charge is 0.497 e. The number of methoxy groups -OCH3 is 1. The second-order valence-corrected chi connectivity index (χ2v) is 4.30. The fourth-order valence-corrected chi connectivity index (χ4v) is 1.79. The van der Waals surface area contributed by atoms with E-state index in [0.29, 0.717) is 13.0 Å². The number of aliphatic hydroxyl groups is 1. The molecule has 3 heteroatoms. The summed E-state index contributed by atoms with van der Waals surface area (Å²) in [6, 6.07) is 17.4. The van der Waals surface area contributed by atoms with Gasteiger partial charge in [0.1, 0.15) is 5.75 Å². The van der Waals surface area contributed by atoms with Crippen molar-refractivity contribution in [1.29, 1.82) is 0 Å². The van der Waals surface area contributed by atoms with Crippen LogP contribution >= 0.6 is 0 Å². The number of hydrogen-bond donors (Lipinski definition) is 1. The highest BCUT2D eigenvalue weighted by molar-refractivity contribution is 5.26. The van der Waals surface area contributed by atoms with Gasteiger partial charge in [0.15, 0.2) is 6.29 Å². The smallest absolute Gasteiger partial charge is 0.159 e. The third-order valence-corrected chi connectivity index (χ3v) is 2.85. The van der Waals surface area contributed by atoms with E-state index in [0.717, 1.165) is 16.9 Å². The molecule has 0 aromatic heterocycles. The monoisotopic (exact) mass is 258 g/mol. The molecule has 1 unspecified atom stereocenters. The summed E-state index contributed by atoms with van der Waals surface area (Å²) in [4.78, 5) is 0. The molecule has 2 rings (SSSR count). The van der Waals surface area contributed by atoms with Gasteiger partial charge in [0.2, 0.25) is 0 Å². The lowest BCUT2D eigenvalue weighted by atomic mass is 10.1. The number of rotatable bonds is 6. The van der Waals surface area contributed by atoms with E-state index < -0.39 is 6.29 Å². The molecule has 100 valence electrons. The van der Waals surface area contributed by atoms with Crippen LogP contribution in [0.5, 0.6) is 5.75 Å². The molecule has 0 amide bonds. The van der Waals surface area contributed by atoms with Crippen molar-refractivity contribution in [2.75, 3.05) is 7.11 Å². The topological polar surface area (TPSA) is 38.7 Å². The average Bonchev–Trinajstić information content (AvgIpc) is 2.47. The summed E-state index contributed by atoms with van der Waals surface area (Å²) in [5.41, 5.74) is 2.07. The van der Waals surface area contributed by atoms with E-state index in [2.05, 4.69) is 0 Å². The fraction of sp³-hybridized carbons (Fsp3) is 0.250. The first kappa shape index (κ1) is 13.6. The minimum absolute atomic E-state index is 0.387. The first-order chi connectivity index (χ1) is 9.28. The highest BCUT2D eigenvalue weighted by Crippen LogP contribution is 2.13. The maximum atomic E-state index is 9.82. The van der Waals surface area contributed by atoms with Gasteiger partial charge in [-0.3, -0.25) is 0 Å². The summed E-state index contributed by atoms with van der Waals surface area (Å²) >= 11 is 0. The molecule has 0 bridgehead atoms. The Kier molecular flexibility index (Phi) is 4.95. The van der Waals surface area contributed by atoms with Crippen molar-refractivity contribution in [2.45, 2.75) is 19.3 Å². The summed E-state index contributed by atoms with van der Waals surface area (Å²) in [6.45, 7) is 0.387. The van der Waals surface area contributed by atoms with Crippen LogP contribution in [-0.4, -0.2) is 18.5 Å². The normalized spacial score (nSPS) is 12.1. The van der Waals surface area contributed by atoms with Crippen LogP contribution in [0, 0.1) is 0 Å². The predicted molar refractivity (Wildman–Crippen MR) is 73.9 cm³/mol. The SMILES string of the molecule is COc1ccc(COC(O)Cc2ccccc2)cc1. The molecule has 1 atom stereocenters. The quantitative estimate of drug-likeness (QED) is 0.810. The predicted octanol–water partition coefficient (Wildman–Crippen LogP) is 2.77. The molecule has 0 aliphatic rings. The lowest BCUT2D eigenvalue weighted by molar-refractivity contribution is -0.106. The number of ether oxygens (including phenoxy) is 2. The van der Waals surface area contributed by atoms with E-state index >= 15 is 0 Å². The van der Waals surface area contributed by atoms with Crippen LogP contribution in [0.15, 0.2) is 54.6 Å². The molecule has 0 spiro atoms. The molecule has 0 saturated heterocycles. The molecule has 19 heavy (non-hydrogen) atoms. The third kappa shape index (κ3) is 4.39. The molecule has 2 aromatic rings. The van der Waals surface area contributed by atoms with Crippen LogP contribution in [0.25, 0.3) is 0 Å². The van der Waals surface area contributed by atoms with Crippen molar-refractivity contribution in [2.24, 2.45) is 0 Å². The van der Waals surface area contributed by atoms with Gasteiger partial charge >= 0.3 is 0 Å². The van der Waals surface area contributed by atoms with Crippen molar-refractivity contribution in [1.82, 2.24) is 0 Å². The van der Waals surface area contributed by atoms with Crippen molar-refractivity contribution in [3.05, 3.63) is 65.7 Å². The molecule has 0 aliphatic heterocycles. The summed E-state index contributed by atoms with van der Waals surface area (Å²) in [5.74, 6) is 0.814. The Morgan fingerprint density at radius 1 is 0.947 bits per heavy atom. The van der Waals surface area contributed by atoms with E-state index in [1.807, 2.05) is 54.6 Å². The van der Waals surface area contributed by atoms with Crippen LogP contribution in [0.2, 0.25) is 0 Å². The van der Waals surface area contributed by atoms with E-state index in [-0.39, 0.29) is 0 Å². The minimum atomic E-state index is -0.787. The number of benzene rings is 2. The van der Waals surface area contributed by atoms with E-state index in [1.165, 1.54) is 0 Å². The van der Waals surface area contributed by atoms with Gasteiger partial charge in [-0.25, -0.2) is 0 Å². The Bertz CT molecular complexity index is 479. The zero-order valence-corrected chi connectivity index (χ0v) is 11.0. The van der Waals surface area contributed by atoms with Gasteiger partial charge in [0.25, 0.3) is 0 Å². The minimum Gasteiger partial charge on any atom is -0.497 e.